The third-order valence-electron chi connectivity index (χ3n) is 6.66. The van der Waals surface area contributed by atoms with Crippen LogP contribution in [0, 0.1) is 13.8 Å². The predicted octanol–water partition coefficient (Wildman–Crippen LogP) is 8.00. The number of ether oxygens (including phenoxy) is 1. The monoisotopic (exact) mass is 539 g/mol. The number of hydrogen-bond donors (Lipinski definition) is 0. The molecular weight excluding hydrogens is 510 g/mol. The van der Waals surface area contributed by atoms with Crippen LogP contribution in [0.25, 0.3) is 33.6 Å². The van der Waals surface area contributed by atoms with E-state index in [-0.39, 0.29) is 11.5 Å². The number of para-hydroxylation sites is 1. The molecule has 0 saturated heterocycles. The summed E-state index contributed by atoms with van der Waals surface area (Å²) in [5.41, 5.74) is 5.00. The molecule has 0 aliphatic carbocycles. The van der Waals surface area contributed by atoms with Gasteiger partial charge in [-0.2, -0.15) is 9.78 Å². The Bertz CT molecular complexity index is 1770. The van der Waals surface area contributed by atoms with Crippen molar-refractivity contribution >= 4 is 28.7 Å². The van der Waals surface area contributed by atoms with Crippen LogP contribution in [-0.4, -0.2) is 22.5 Å². The highest BCUT2D eigenvalue weighted by Crippen LogP contribution is 2.34. The summed E-state index contributed by atoms with van der Waals surface area (Å²) < 4.78 is 13.3. The Kier molecular flexibility index (Phi) is 7.40. The van der Waals surface area contributed by atoms with Crippen LogP contribution in [0.15, 0.2) is 81.0 Å². The Hall–Kier alpha value is -4.16. The van der Waals surface area contributed by atoms with Gasteiger partial charge in [-0.1, -0.05) is 49.7 Å². The molecule has 0 amide bonds. The molecular formula is C32H30ClN3O3. The quantitative estimate of drug-likeness (QED) is 0.196. The summed E-state index contributed by atoms with van der Waals surface area (Å²) in [6, 6.07) is 20.8. The average Bonchev–Trinajstić information content (AvgIpc) is 3.39. The second-order valence-electron chi connectivity index (χ2n) is 9.77. The maximum absolute atomic E-state index is 13.7. The van der Waals surface area contributed by atoms with Gasteiger partial charge in [0.1, 0.15) is 17.3 Å². The molecule has 5 rings (SSSR count). The van der Waals surface area contributed by atoms with Gasteiger partial charge in [-0.3, -0.25) is 4.79 Å². The van der Waals surface area contributed by atoms with Crippen molar-refractivity contribution in [2.45, 2.75) is 40.5 Å². The number of rotatable bonds is 7. The lowest BCUT2D eigenvalue weighted by Gasteiger charge is -2.18. The van der Waals surface area contributed by atoms with Crippen molar-refractivity contribution in [3.8, 4) is 28.5 Å². The van der Waals surface area contributed by atoms with Crippen molar-refractivity contribution in [2.24, 2.45) is 5.10 Å². The topological polar surface area (TPSA) is 69.6 Å². The molecule has 2 heterocycles. The van der Waals surface area contributed by atoms with E-state index in [0.29, 0.717) is 39.9 Å². The van der Waals surface area contributed by atoms with Gasteiger partial charge in [0.15, 0.2) is 5.82 Å². The molecule has 0 aliphatic rings. The minimum atomic E-state index is -0.261. The Labute approximate surface area is 232 Å². The molecule has 5 aromatic rings. The zero-order valence-corrected chi connectivity index (χ0v) is 23.4. The van der Waals surface area contributed by atoms with E-state index in [4.69, 9.17) is 25.7 Å². The molecule has 0 saturated carbocycles. The first-order chi connectivity index (χ1) is 18.8. The lowest BCUT2D eigenvalue weighted by atomic mass is 9.96. The lowest BCUT2D eigenvalue weighted by Crippen LogP contribution is -2.20. The van der Waals surface area contributed by atoms with Crippen LogP contribution < -0.4 is 10.3 Å². The molecule has 2 aromatic heterocycles. The van der Waals surface area contributed by atoms with Gasteiger partial charge >= 0.3 is 0 Å². The van der Waals surface area contributed by atoms with E-state index in [9.17, 15) is 4.79 Å². The van der Waals surface area contributed by atoms with Gasteiger partial charge in [0.05, 0.1) is 23.7 Å². The fourth-order valence-corrected chi connectivity index (χ4v) is 4.69. The minimum Gasteiger partial charge on any atom is -0.494 e. The predicted molar refractivity (Wildman–Crippen MR) is 158 cm³/mol. The van der Waals surface area contributed by atoms with E-state index < -0.39 is 0 Å². The standard InChI is InChI=1S/C32H30ClN3O3/c1-6-38-30-15-21(5)26(17-25(30)19(2)3)31-35-28-10-8-7-9-24(28)32(37)36(31)34-18-23-13-14-29(39-23)22-12-11-20(4)27(33)16-22/h7-19H,6H2,1-5H3. The van der Waals surface area contributed by atoms with E-state index in [1.807, 2.05) is 75.4 Å². The lowest BCUT2D eigenvalue weighted by molar-refractivity contribution is 0.335. The first kappa shape index (κ1) is 26.4. The Morgan fingerprint density at radius 1 is 1.05 bits per heavy atom. The molecule has 0 spiro atoms. The maximum Gasteiger partial charge on any atom is 0.282 e. The van der Waals surface area contributed by atoms with E-state index in [1.165, 1.54) is 10.9 Å². The third kappa shape index (κ3) is 5.25. The fraction of sp³-hybridized carbons (Fsp3) is 0.219. The van der Waals surface area contributed by atoms with Crippen molar-refractivity contribution < 1.29 is 9.15 Å². The van der Waals surface area contributed by atoms with Gasteiger partial charge in [-0.15, -0.1) is 0 Å². The Morgan fingerprint density at radius 2 is 1.85 bits per heavy atom. The molecule has 0 aliphatic heterocycles. The molecule has 39 heavy (non-hydrogen) atoms. The summed E-state index contributed by atoms with van der Waals surface area (Å²) >= 11 is 6.30. The number of aromatic nitrogens is 2. The van der Waals surface area contributed by atoms with E-state index in [1.54, 1.807) is 6.07 Å². The summed E-state index contributed by atoms with van der Waals surface area (Å²) in [6.45, 7) is 10.7. The van der Waals surface area contributed by atoms with Gasteiger partial charge in [-0.25, -0.2) is 4.98 Å². The Morgan fingerprint density at radius 3 is 2.59 bits per heavy atom. The van der Waals surface area contributed by atoms with Crippen LogP contribution in [0.4, 0.5) is 0 Å². The second-order valence-corrected chi connectivity index (χ2v) is 10.2. The van der Waals surface area contributed by atoms with Crippen LogP contribution in [0.1, 0.15) is 49.1 Å². The molecule has 0 N–H and O–H groups in total. The van der Waals surface area contributed by atoms with Gasteiger partial charge in [0, 0.05) is 16.1 Å². The molecule has 3 aromatic carbocycles. The summed E-state index contributed by atoms with van der Waals surface area (Å²) in [5, 5.41) is 5.74. The summed E-state index contributed by atoms with van der Waals surface area (Å²) in [4.78, 5) is 18.6. The first-order valence-electron chi connectivity index (χ1n) is 13.0. The minimum absolute atomic E-state index is 0.215. The SMILES string of the molecule is CCOc1cc(C)c(-c2nc3ccccc3c(=O)n2N=Cc2ccc(-c3ccc(C)c(Cl)c3)o2)cc1C(C)C. The molecule has 0 radical (unpaired) electrons. The molecule has 0 unspecified atom stereocenters. The molecule has 6 nitrogen and oxygen atoms in total. The summed E-state index contributed by atoms with van der Waals surface area (Å²) in [5.74, 6) is 2.66. The highest BCUT2D eigenvalue weighted by molar-refractivity contribution is 6.31. The molecule has 7 heteroatoms. The normalized spacial score (nSPS) is 11.7. The molecule has 0 bridgehead atoms. The van der Waals surface area contributed by atoms with Crippen LogP contribution in [0.5, 0.6) is 5.75 Å². The molecule has 0 fully saturated rings. The fourth-order valence-electron chi connectivity index (χ4n) is 4.51. The van der Waals surface area contributed by atoms with Gasteiger partial charge in [-0.05, 0) is 85.8 Å². The smallest absolute Gasteiger partial charge is 0.282 e. The number of benzene rings is 3. The molecule has 198 valence electrons. The largest absolute Gasteiger partial charge is 0.494 e. The number of halogens is 1. The summed E-state index contributed by atoms with van der Waals surface area (Å²) in [7, 11) is 0. The van der Waals surface area contributed by atoms with Crippen LogP contribution in [0.3, 0.4) is 0 Å². The Balaban J connectivity index is 1.64. The van der Waals surface area contributed by atoms with Crippen molar-refractivity contribution in [1.82, 2.24) is 9.66 Å². The van der Waals surface area contributed by atoms with Crippen molar-refractivity contribution in [3.63, 3.8) is 0 Å². The maximum atomic E-state index is 13.7. The van der Waals surface area contributed by atoms with E-state index in [0.717, 1.165) is 33.6 Å². The van der Waals surface area contributed by atoms with Gasteiger partial charge in [0.25, 0.3) is 5.56 Å². The zero-order valence-electron chi connectivity index (χ0n) is 22.7. The van der Waals surface area contributed by atoms with E-state index in [2.05, 4.69) is 25.0 Å². The second kappa shape index (κ2) is 10.9. The number of nitrogens with zero attached hydrogens (tertiary/aromatic N) is 3. The number of aryl methyl sites for hydroxylation is 2. The van der Waals surface area contributed by atoms with Crippen LogP contribution in [-0.2, 0) is 0 Å². The van der Waals surface area contributed by atoms with Gasteiger partial charge in [0.2, 0.25) is 0 Å². The average molecular weight is 540 g/mol. The number of fused-ring (bicyclic) bond motifs is 1. The van der Waals surface area contributed by atoms with Crippen molar-refractivity contribution in [3.05, 3.63) is 105 Å². The van der Waals surface area contributed by atoms with Crippen molar-refractivity contribution in [1.29, 1.82) is 0 Å². The first-order valence-corrected chi connectivity index (χ1v) is 13.3. The van der Waals surface area contributed by atoms with E-state index >= 15 is 0 Å². The molecule has 0 atom stereocenters. The van der Waals surface area contributed by atoms with Crippen LogP contribution in [0.2, 0.25) is 5.02 Å². The van der Waals surface area contributed by atoms with Crippen LogP contribution >= 0.6 is 11.6 Å². The number of furan rings is 1. The van der Waals surface area contributed by atoms with Gasteiger partial charge < -0.3 is 9.15 Å². The zero-order chi connectivity index (χ0) is 27.7. The third-order valence-corrected chi connectivity index (χ3v) is 7.06. The summed E-state index contributed by atoms with van der Waals surface area (Å²) in [6.07, 6.45) is 1.54. The van der Waals surface area contributed by atoms with Crippen molar-refractivity contribution in [2.75, 3.05) is 6.61 Å². The highest BCUT2D eigenvalue weighted by atomic mass is 35.5. The highest BCUT2D eigenvalue weighted by Gasteiger charge is 2.18. The number of hydrogen-bond acceptors (Lipinski definition) is 5.